The predicted molar refractivity (Wildman–Crippen MR) is 188 cm³/mol. The van der Waals surface area contributed by atoms with E-state index >= 15 is 0 Å². The van der Waals surface area contributed by atoms with Crippen molar-refractivity contribution in [3.05, 3.63) is 0 Å². The molecule has 46 heavy (non-hydrogen) atoms. The number of carboxylic acids is 1. The number of esters is 2. The van der Waals surface area contributed by atoms with Gasteiger partial charge in [0.2, 0.25) is 0 Å². The summed E-state index contributed by atoms with van der Waals surface area (Å²) in [5.74, 6) is -1.47. The standard InChI is InChI=1S/C38H73NO7/c1-6-8-10-12-14-15-16-17-18-19-20-21-22-23-25-27-29-37(41)46-34(32-44-31-30-35(38(42)43)39(3,4)5)33-45-36(40)28-26-24-13-11-9-7-2/h34-35H,6-33H2,1-5H3/p+1. The van der Waals surface area contributed by atoms with Crippen molar-refractivity contribution in [2.45, 2.75) is 187 Å². The third kappa shape index (κ3) is 28.5. The number of rotatable bonds is 34. The van der Waals surface area contributed by atoms with Gasteiger partial charge in [0, 0.05) is 19.3 Å². The molecular weight excluding hydrogens is 582 g/mol. The number of hydrogen-bond donors (Lipinski definition) is 1. The first-order chi connectivity index (χ1) is 22.1. The molecular formula is C38H74NO7+. The van der Waals surface area contributed by atoms with E-state index in [9.17, 15) is 19.5 Å². The number of hydrogen-bond acceptors (Lipinski definition) is 6. The largest absolute Gasteiger partial charge is 0.477 e. The molecule has 0 aliphatic carbocycles. The van der Waals surface area contributed by atoms with Gasteiger partial charge in [-0.05, 0) is 12.8 Å². The smallest absolute Gasteiger partial charge is 0.362 e. The molecule has 272 valence electrons. The zero-order valence-electron chi connectivity index (χ0n) is 30.8. The van der Waals surface area contributed by atoms with Gasteiger partial charge in [0.25, 0.3) is 0 Å². The van der Waals surface area contributed by atoms with Gasteiger partial charge < -0.3 is 23.8 Å². The van der Waals surface area contributed by atoms with E-state index in [2.05, 4.69) is 13.8 Å². The van der Waals surface area contributed by atoms with E-state index in [0.717, 1.165) is 38.5 Å². The van der Waals surface area contributed by atoms with Crippen molar-refractivity contribution in [2.24, 2.45) is 0 Å². The summed E-state index contributed by atoms with van der Waals surface area (Å²) in [6.45, 7) is 4.68. The van der Waals surface area contributed by atoms with Crippen LogP contribution in [-0.2, 0) is 28.6 Å². The molecule has 0 aromatic carbocycles. The topological polar surface area (TPSA) is 99.1 Å². The predicted octanol–water partition coefficient (Wildman–Crippen LogP) is 9.41. The van der Waals surface area contributed by atoms with Gasteiger partial charge in [-0.3, -0.25) is 9.59 Å². The molecule has 0 fully saturated rings. The van der Waals surface area contributed by atoms with E-state index in [4.69, 9.17) is 14.2 Å². The summed E-state index contributed by atoms with van der Waals surface area (Å²) in [7, 11) is 5.52. The van der Waals surface area contributed by atoms with Gasteiger partial charge >= 0.3 is 17.9 Å². The second kappa shape index (κ2) is 30.7. The second-order valence-corrected chi connectivity index (χ2v) is 14.2. The number of carboxylic acid groups (broad SMARTS) is 1. The summed E-state index contributed by atoms with van der Waals surface area (Å²) < 4.78 is 17.1. The van der Waals surface area contributed by atoms with Crippen LogP contribution in [-0.4, -0.2) is 80.6 Å². The molecule has 1 N–H and O–H groups in total. The molecule has 0 spiro atoms. The highest BCUT2D eigenvalue weighted by molar-refractivity contribution is 5.72. The fraction of sp³-hybridized carbons (Fsp3) is 0.921. The van der Waals surface area contributed by atoms with Crippen molar-refractivity contribution >= 4 is 17.9 Å². The summed E-state index contributed by atoms with van der Waals surface area (Å²) in [6, 6.07) is -0.606. The van der Waals surface area contributed by atoms with Crippen LogP contribution in [0.1, 0.15) is 174 Å². The van der Waals surface area contributed by atoms with Crippen LogP contribution in [0, 0.1) is 0 Å². The van der Waals surface area contributed by atoms with Gasteiger partial charge in [-0.2, -0.15) is 0 Å². The Hall–Kier alpha value is -1.67. The lowest BCUT2D eigenvalue weighted by Gasteiger charge is -2.31. The number of quaternary nitrogens is 1. The normalized spacial score (nSPS) is 13.0. The molecule has 0 radical (unpaired) electrons. The first kappa shape index (κ1) is 44.3. The summed E-state index contributed by atoms with van der Waals surface area (Å²) in [4.78, 5) is 36.5. The van der Waals surface area contributed by atoms with Crippen LogP contribution in [0.15, 0.2) is 0 Å². The second-order valence-electron chi connectivity index (χ2n) is 14.2. The van der Waals surface area contributed by atoms with Crippen LogP contribution < -0.4 is 0 Å². The van der Waals surface area contributed by atoms with Crippen LogP contribution in [0.5, 0.6) is 0 Å². The van der Waals surface area contributed by atoms with Gasteiger partial charge in [-0.1, -0.05) is 142 Å². The van der Waals surface area contributed by atoms with Crippen molar-refractivity contribution < 1.29 is 38.2 Å². The molecule has 0 aliphatic heterocycles. The lowest BCUT2D eigenvalue weighted by atomic mass is 10.0. The Labute approximate surface area is 283 Å². The molecule has 0 amide bonds. The minimum absolute atomic E-state index is 0.0446. The lowest BCUT2D eigenvalue weighted by molar-refractivity contribution is -0.887. The maximum Gasteiger partial charge on any atom is 0.362 e. The molecule has 0 bridgehead atoms. The van der Waals surface area contributed by atoms with Crippen LogP contribution in [0.4, 0.5) is 0 Å². The summed E-state index contributed by atoms with van der Waals surface area (Å²) in [5, 5.41) is 9.55. The maximum atomic E-state index is 12.6. The number of likely N-dealkylation sites (N-methyl/N-ethyl adjacent to an activating group) is 1. The minimum atomic E-state index is -0.874. The Morgan fingerprint density at radius 3 is 1.35 bits per heavy atom. The molecule has 0 aromatic rings. The van der Waals surface area contributed by atoms with Crippen LogP contribution in [0.3, 0.4) is 0 Å². The van der Waals surface area contributed by atoms with Gasteiger partial charge in [0.1, 0.15) is 6.61 Å². The average molecular weight is 657 g/mol. The van der Waals surface area contributed by atoms with E-state index in [-0.39, 0.29) is 36.2 Å². The van der Waals surface area contributed by atoms with Gasteiger partial charge in [0.15, 0.2) is 12.1 Å². The number of nitrogens with zero attached hydrogens (tertiary/aromatic N) is 1. The molecule has 2 atom stereocenters. The van der Waals surface area contributed by atoms with Gasteiger partial charge in [-0.15, -0.1) is 0 Å². The van der Waals surface area contributed by atoms with Gasteiger partial charge in [0.05, 0.1) is 34.4 Å². The zero-order chi connectivity index (χ0) is 34.3. The van der Waals surface area contributed by atoms with Crippen molar-refractivity contribution in [3.63, 3.8) is 0 Å². The summed E-state index contributed by atoms with van der Waals surface area (Å²) in [6.07, 6.45) is 27.3. The highest BCUT2D eigenvalue weighted by Crippen LogP contribution is 2.15. The van der Waals surface area contributed by atoms with E-state index in [1.807, 2.05) is 21.1 Å². The van der Waals surface area contributed by atoms with Crippen molar-refractivity contribution in [1.29, 1.82) is 0 Å². The third-order valence-corrected chi connectivity index (χ3v) is 8.76. The zero-order valence-corrected chi connectivity index (χ0v) is 30.8. The number of carbonyl (C=O) groups is 3. The van der Waals surface area contributed by atoms with Gasteiger partial charge in [-0.25, -0.2) is 4.79 Å². The first-order valence-electron chi connectivity index (χ1n) is 19.1. The number of ether oxygens (including phenoxy) is 3. The van der Waals surface area contributed by atoms with Crippen LogP contribution in [0.2, 0.25) is 0 Å². The SMILES string of the molecule is CCCCCCCCCCCCCCCCCCC(=O)OC(COCCC(C(=O)O)[N+](C)(C)C)COC(=O)CCCCCCCC. The van der Waals surface area contributed by atoms with Crippen molar-refractivity contribution in [2.75, 3.05) is 41.0 Å². The summed E-state index contributed by atoms with van der Waals surface area (Å²) in [5.41, 5.74) is 0. The molecule has 2 unspecified atom stereocenters. The lowest BCUT2D eigenvalue weighted by Crippen LogP contribution is -2.50. The highest BCUT2D eigenvalue weighted by atomic mass is 16.6. The fourth-order valence-corrected chi connectivity index (χ4v) is 5.74. The Morgan fingerprint density at radius 1 is 0.565 bits per heavy atom. The Kier molecular flexibility index (Phi) is 29.5. The molecule has 0 heterocycles. The van der Waals surface area contributed by atoms with E-state index in [1.54, 1.807) is 0 Å². The highest BCUT2D eigenvalue weighted by Gasteiger charge is 2.31. The third-order valence-electron chi connectivity index (χ3n) is 8.76. The molecule has 0 saturated heterocycles. The molecule has 8 nitrogen and oxygen atoms in total. The monoisotopic (exact) mass is 657 g/mol. The van der Waals surface area contributed by atoms with Crippen LogP contribution >= 0.6 is 0 Å². The average Bonchev–Trinajstić information content (AvgIpc) is 3.00. The van der Waals surface area contributed by atoms with Crippen molar-refractivity contribution in [3.8, 4) is 0 Å². The molecule has 8 heteroatoms. The first-order valence-corrected chi connectivity index (χ1v) is 19.1. The Balaban J connectivity index is 4.28. The number of unbranched alkanes of at least 4 members (excludes halogenated alkanes) is 20. The summed E-state index contributed by atoms with van der Waals surface area (Å²) >= 11 is 0. The van der Waals surface area contributed by atoms with Crippen molar-refractivity contribution in [1.82, 2.24) is 0 Å². The quantitative estimate of drug-likeness (QED) is 0.0418. The Morgan fingerprint density at radius 2 is 0.957 bits per heavy atom. The van der Waals surface area contributed by atoms with E-state index in [1.165, 1.54) is 103 Å². The van der Waals surface area contributed by atoms with Crippen LogP contribution in [0.25, 0.3) is 0 Å². The molecule has 0 aliphatic rings. The minimum Gasteiger partial charge on any atom is -0.477 e. The number of aliphatic carboxylic acids is 1. The molecule has 0 saturated carbocycles. The number of carbonyl (C=O) groups excluding carboxylic acids is 2. The fourth-order valence-electron chi connectivity index (χ4n) is 5.74. The Bertz CT molecular complexity index is 737. The van der Waals surface area contributed by atoms with E-state index < -0.39 is 18.1 Å². The molecule has 0 rings (SSSR count). The molecule has 0 aromatic heterocycles. The maximum absolute atomic E-state index is 12.6. The van der Waals surface area contributed by atoms with E-state index in [0.29, 0.717) is 19.3 Å².